The molecule has 1 aliphatic heterocycles. The molecule has 2 aliphatic rings. The highest BCUT2D eigenvalue weighted by molar-refractivity contribution is 5.94. The summed E-state index contributed by atoms with van der Waals surface area (Å²) in [6.45, 7) is 1.79. The van der Waals surface area contributed by atoms with Gasteiger partial charge < -0.3 is 24.6 Å². The van der Waals surface area contributed by atoms with E-state index in [0.717, 1.165) is 49.2 Å². The number of carbonyl (C=O) groups is 2. The van der Waals surface area contributed by atoms with Crippen molar-refractivity contribution in [2.75, 3.05) is 51.2 Å². The van der Waals surface area contributed by atoms with Gasteiger partial charge in [-0.25, -0.2) is 0 Å². The summed E-state index contributed by atoms with van der Waals surface area (Å²) in [7, 11) is 5.48. The van der Waals surface area contributed by atoms with E-state index in [4.69, 9.17) is 9.47 Å². The van der Waals surface area contributed by atoms with Crippen LogP contribution in [0.5, 0.6) is 0 Å². The van der Waals surface area contributed by atoms with Crippen LogP contribution in [0.1, 0.15) is 31.2 Å². The van der Waals surface area contributed by atoms with E-state index in [2.05, 4.69) is 5.32 Å². The van der Waals surface area contributed by atoms with E-state index in [1.807, 2.05) is 37.2 Å². The Bertz CT molecular complexity index is 697. The molecular weight excluding hydrogens is 358 g/mol. The summed E-state index contributed by atoms with van der Waals surface area (Å²) in [5, 5.41) is 3.00. The van der Waals surface area contributed by atoms with Gasteiger partial charge in [0.25, 0.3) is 0 Å². The number of rotatable bonds is 9. The Kier molecular flexibility index (Phi) is 6.91. The van der Waals surface area contributed by atoms with Crippen LogP contribution in [0.3, 0.4) is 0 Å². The third kappa shape index (κ3) is 5.45. The lowest BCUT2D eigenvalue weighted by Crippen LogP contribution is -2.39. The van der Waals surface area contributed by atoms with Crippen molar-refractivity contribution in [3.63, 3.8) is 0 Å². The van der Waals surface area contributed by atoms with Crippen LogP contribution in [0.2, 0.25) is 0 Å². The fraction of sp³-hybridized carbons (Fsp3) is 0.619. The maximum absolute atomic E-state index is 12.6. The van der Waals surface area contributed by atoms with Gasteiger partial charge >= 0.3 is 0 Å². The zero-order valence-electron chi connectivity index (χ0n) is 17.1. The normalized spacial score (nSPS) is 18.8. The molecule has 1 saturated heterocycles. The van der Waals surface area contributed by atoms with E-state index in [0.29, 0.717) is 13.1 Å². The number of nitrogens with zero attached hydrogens (tertiary/aromatic N) is 2. The first-order valence-corrected chi connectivity index (χ1v) is 9.97. The van der Waals surface area contributed by atoms with Gasteiger partial charge in [-0.1, -0.05) is 0 Å². The van der Waals surface area contributed by atoms with Crippen molar-refractivity contribution in [3.05, 3.63) is 23.8 Å². The van der Waals surface area contributed by atoms with Crippen LogP contribution in [0.4, 0.5) is 11.4 Å². The Balaban J connectivity index is 1.79. The molecule has 2 fully saturated rings. The zero-order chi connectivity index (χ0) is 20.1. The quantitative estimate of drug-likeness (QED) is 0.701. The summed E-state index contributed by atoms with van der Waals surface area (Å²) in [6, 6.07) is 5.88. The first kappa shape index (κ1) is 20.6. The number of methoxy groups -OCH3 is 1. The molecule has 0 spiro atoms. The molecule has 1 saturated carbocycles. The number of ether oxygens (including phenoxy) is 2. The van der Waals surface area contributed by atoms with Gasteiger partial charge in [0.2, 0.25) is 11.8 Å². The predicted octanol–water partition coefficient (Wildman–Crippen LogP) is 2.26. The number of hydrogen-bond donors (Lipinski definition) is 1. The standard InChI is InChI=1S/C21H31N3O4/c1-23(2)19-9-8-17(22-21(26)15-6-7-15)11-16(19)12-24(20(25)14-27-3)13-18-5-4-10-28-18/h8-9,11,15,18H,4-7,10,12-14H2,1-3H3,(H,22,26)/t18-/m0/s1. The number of anilines is 2. The van der Waals surface area contributed by atoms with Gasteiger partial charge in [-0.05, 0) is 49.4 Å². The van der Waals surface area contributed by atoms with Crippen molar-refractivity contribution in [2.45, 2.75) is 38.3 Å². The molecule has 1 atom stereocenters. The van der Waals surface area contributed by atoms with Crippen molar-refractivity contribution < 1.29 is 19.1 Å². The van der Waals surface area contributed by atoms with E-state index in [1.54, 1.807) is 4.90 Å². The van der Waals surface area contributed by atoms with Crippen molar-refractivity contribution in [1.82, 2.24) is 4.90 Å². The van der Waals surface area contributed by atoms with Crippen LogP contribution >= 0.6 is 0 Å². The Morgan fingerprint density at radius 2 is 2.04 bits per heavy atom. The minimum absolute atomic E-state index is 0.0438. The molecule has 1 aromatic rings. The highest BCUT2D eigenvalue weighted by atomic mass is 16.5. The average molecular weight is 389 g/mol. The van der Waals surface area contributed by atoms with Gasteiger partial charge in [-0.15, -0.1) is 0 Å². The highest BCUT2D eigenvalue weighted by Gasteiger charge is 2.30. The van der Waals surface area contributed by atoms with Crippen LogP contribution < -0.4 is 10.2 Å². The largest absolute Gasteiger partial charge is 0.377 e. The molecule has 7 nitrogen and oxygen atoms in total. The molecule has 3 rings (SSSR count). The fourth-order valence-electron chi connectivity index (χ4n) is 3.53. The van der Waals surface area contributed by atoms with Crippen molar-refractivity contribution >= 4 is 23.2 Å². The Morgan fingerprint density at radius 3 is 2.64 bits per heavy atom. The van der Waals surface area contributed by atoms with E-state index >= 15 is 0 Å². The van der Waals surface area contributed by atoms with Gasteiger partial charge in [-0.3, -0.25) is 9.59 Å². The first-order valence-electron chi connectivity index (χ1n) is 9.97. The summed E-state index contributed by atoms with van der Waals surface area (Å²) in [6.07, 6.45) is 4.00. The lowest BCUT2D eigenvalue weighted by atomic mass is 10.1. The van der Waals surface area contributed by atoms with Crippen molar-refractivity contribution in [2.24, 2.45) is 5.92 Å². The Labute approximate surface area is 167 Å². The second kappa shape index (κ2) is 9.39. The van der Waals surface area contributed by atoms with E-state index in [9.17, 15) is 9.59 Å². The molecule has 2 amide bonds. The maximum atomic E-state index is 12.6. The first-order chi connectivity index (χ1) is 13.5. The van der Waals surface area contributed by atoms with Gasteiger partial charge in [0.1, 0.15) is 6.61 Å². The van der Waals surface area contributed by atoms with Crippen LogP contribution in [0, 0.1) is 5.92 Å². The summed E-state index contributed by atoms with van der Waals surface area (Å²) < 4.78 is 10.8. The molecule has 28 heavy (non-hydrogen) atoms. The van der Waals surface area contributed by atoms with Crippen LogP contribution in [-0.4, -0.2) is 63.8 Å². The molecule has 7 heteroatoms. The van der Waals surface area contributed by atoms with E-state index < -0.39 is 0 Å². The lowest BCUT2D eigenvalue weighted by Gasteiger charge is -2.28. The fourth-order valence-corrected chi connectivity index (χ4v) is 3.53. The minimum atomic E-state index is -0.0601. The highest BCUT2D eigenvalue weighted by Crippen LogP contribution is 2.31. The number of amides is 2. The van der Waals surface area contributed by atoms with Crippen molar-refractivity contribution in [3.8, 4) is 0 Å². The monoisotopic (exact) mass is 389 g/mol. The van der Waals surface area contributed by atoms with Crippen LogP contribution in [0.25, 0.3) is 0 Å². The third-order valence-corrected chi connectivity index (χ3v) is 5.21. The minimum Gasteiger partial charge on any atom is -0.377 e. The average Bonchev–Trinajstić information content (AvgIpc) is 3.39. The SMILES string of the molecule is COCC(=O)N(Cc1cc(NC(=O)C2CC2)ccc1N(C)C)C[C@@H]1CCCO1. The van der Waals surface area contributed by atoms with E-state index in [1.165, 1.54) is 7.11 Å². The molecule has 1 aromatic carbocycles. The summed E-state index contributed by atoms with van der Waals surface area (Å²) >= 11 is 0. The van der Waals surface area contributed by atoms with Gasteiger partial charge in [0, 0.05) is 58.2 Å². The van der Waals surface area contributed by atoms with E-state index in [-0.39, 0.29) is 30.4 Å². The Hall–Kier alpha value is -2.12. The molecule has 1 heterocycles. The smallest absolute Gasteiger partial charge is 0.248 e. The molecule has 1 N–H and O–H groups in total. The third-order valence-electron chi connectivity index (χ3n) is 5.21. The van der Waals surface area contributed by atoms with Crippen LogP contribution in [0.15, 0.2) is 18.2 Å². The lowest BCUT2D eigenvalue weighted by molar-refractivity contribution is -0.137. The van der Waals surface area contributed by atoms with Gasteiger partial charge in [-0.2, -0.15) is 0 Å². The summed E-state index contributed by atoms with van der Waals surface area (Å²) in [5.74, 6) is 0.168. The summed E-state index contributed by atoms with van der Waals surface area (Å²) in [5.41, 5.74) is 2.78. The molecule has 0 unspecified atom stereocenters. The second-order valence-corrected chi connectivity index (χ2v) is 7.84. The number of carbonyl (C=O) groups excluding carboxylic acids is 2. The molecule has 0 radical (unpaired) electrons. The molecule has 154 valence electrons. The molecule has 0 aromatic heterocycles. The zero-order valence-corrected chi connectivity index (χ0v) is 17.1. The topological polar surface area (TPSA) is 71.1 Å². The van der Waals surface area contributed by atoms with Gasteiger partial charge in [0.05, 0.1) is 6.10 Å². The number of hydrogen-bond acceptors (Lipinski definition) is 5. The predicted molar refractivity (Wildman–Crippen MR) is 108 cm³/mol. The van der Waals surface area contributed by atoms with Crippen molar-refractivity contribution in [1.29, 1.82) is 0 Å². The molecular formula is C21H31N3O4. The number of benzene rings is 1. The summed E-state index contributed by atoms with van der Waals surface area (Å²) in [4.78, 5) is 28.6. The van der Waals surface area contributed by atoms with Gasteiger partial charge in [0.15, 0.2) is 0 Å². The molecule has 1 aliphatic carbocycles. The second-order valence-electron chi connectivity index (χ2n) is 7.84. The maximum Gasteiger partial charge on any atom is 0.248 e. The number of nitrogens with one attached hydrogen (secondary N) is 1. The van der Waals surface area contributed by atoms with Crippen LogP contribution in [-0.2, 0) is 25.6 Å². The Morgan fingerprint density at radius 1 is 1.25 bits per heavy atom. The molecule has 0 bridgehead atoms.